The number of hydrogen-bond donors (Lipinski definition) is 2. The number of anilines is 1. The van der Waals surface area contributed by atoms with Crippen molar-refractivity contribution in [2.75, 3.05) is 11.9 Å². The Hall–Kier alpha value is -3.24. The third kappa shape index (κ3) is 3.55. The number of ether oxygens (including phenoxy) is 1. The zero-order valence-electron chi connectivity index (χ0n) is 16.2. The van der Waals surface area contributed by atoms with Gasteiger partial charge in [0.05, 0.1) is 29.6 Å². The molecule has 0 atom stereocenters. The van der Waals surface area contributed by atoms with Gasteiger partial charge < -0.3 is 14.5 Å². The van der Waals surface area contributed by atoms with E-state index in [2.05, 4.69) is 20.5 Å². The van der Waals surface area contributed by atoms with E-state index in [-0.39, 0.29) is 23.8 Å². The number of aromatic nitrogens is 5. The number of nitrogens with zero attached hydrogens (tertiary/aromatic N) is 4. The van der Waals surface area contributed by atoms with Crippen LogP contribution in [0.1, 0.15) is 36.4 Å². The summed E-state index contributed by atoms with van der Waals surface area (Å²) in [5.74, 6) is 0.438. The lowest BCUT2D eigenvalue weighted by molar-refractivity contribution is -0.0226. The summed E-state index contributed by atoms with van der Waals surface area (Å²) in [5.41, 5.74) is 2.04. The van der Waals surface area contributed by atoms with Crippen LogP contribution in [0.4, 0.5) is 5.69 Å². The Morgan fingerprint density at radius 3 is 3.07 bits per heavy atom. The molecule has 10 heteroatoms. The average Bonchev–Trinajstić information content (AvgIpc) is 3.50. The van der Waals surface area contributed by atoms with Crippen molar-refractivity contribution in [2.24, 2.45) is 0 Å². The van der Waals surface area contributed by atoms with E-state index in [4.69, 9.17) is 14.3 Å². The standard InChI is InChI=1S/C20H20N6O3S/c1-2-28-14-7-13(8-14)26-11-15(18(25-26)20-21-5-6-30-20)24-19(27)17-4-3-16(29-17)12-9-22-23-10-12/h3-6,9-11,13-14H,2,7-8H2,1H3,(H,22,23)(H,24,27)/t13-,14+. The Balaban J connectivity index is 1.37. The van der Waals surface area contributed by atoms with Crippen LogP contribution < -0.4 is 5.32 Å². The minimum atomic E-state index is -0.345. The zero-order chi connectivity index (χ0) is 20.5. The Bertz CT molecular complexity index is 1130. The van der Waals surface area contributed by atoms with E-state index in [1.165, 1.54) is 11.3 Å². The largest absolute Gasteiger partial charge is 0.451 e. The van der Waals surface area contributed by atoms with Crippen LogP contribution in [0.15, 0.2) is 46.7 Å². The molecule has 0 unspecified atom stereocenters. The Kier molecular flexibility index (Phi) is 4.93. The van der Waals surface area contributed by atoms with Crippen molar-refractivity contribution in [3.63, 3.8) is 0 Å². The second-order valence-electron chi connectivity index (χ2n) is 7.02. The van der Waals surface area contributed by atoms with Gasteiger partial charge in [0.2, 0.25) is 0 Å². The maximum absolute atomic E-state index is 12.8. The van der Waals surface area contributed by atoms with Crippen molar-refractivity contribution in [3.05, 3.63) is 48.1 Å². The molecular weight excluding hydrogens is 404 g/mol. The van der Waals surface area contributed by atoms with E-state index < -0.39 is 0 Å². The van der Waals surface area contributed by atoms with Crippen molar-refractivity contribution in [1.82, 2.24) is 25.0 Å². The predicted molar refractivity (Wildman–Crippen MR) is 111 cm³/mol. The first-order chi connectivity index (χ1) is 14.7. The van der Waals surface area contributed by atoms with Crippen molar-refractivity contribution in [3.8, 4) is 22.0 Å². The molecule has 154 valence electrons. The van der Waals surface area contributed by atoms with Crippen LogP contribution in [0.3, 0.4) is 0 Å². The van der Waals surface area contributed by atoms with Gasteiger partial charge in [0, 0.05) is 30.6 Å². The third-order valence-electron chi connectivity index (χ3n) is 5.07. The molecule has 2 N–H and O–H groups in total. The Labute approximate surface area is 176 Å². The highest BCUT2D eigenvalue weighted by molar-refractivity contribution is 7.13. The van der Waals surface area contributed by atoms with E-state index in [1.54, 1.807) is 30.7 Å². The predicted octanol–water partition coefficient (Wildman–Crippen LogP) is 3.98. The summed E-state index contributed by atoms with van der Waals surface area (Å²) in [4.78, 5) is 17.2. The normalized spacial score (nSPS) is 18.3. The summed E-state index contributed by atoms with van der Waals surface area (Å²) in [7, 11) is 0. The Morgan fingerprint density at radius 2 is 2.33 bits per heavy atom. The highest BCUT2D eigenvalue weighted by atomic mass is 32.1. The maximum atomic E-state index is 12.8. The molecule has 4 aromatic rings. The zero-order valence-corrected chi connectivity index (χ0v) is 17.1. The first-order valence-electron chi connectivity index (χ1n) is 9.72. The van der Waals surface area contributed by atoms with Gasteiger partial charge in [-0.25, -0.2) is 4.98 Å². The number of carbonyl (C=O) groups is 1. The molecule has 1 fully saturated rings. The van der Waals surface area contributed by atoms with Crippen LogP contribution in [0.5, 0.6) is 0 Å². The number of aromatic amines is 1. The molecule has 0 bridgehead atoms. The molecule has 1 saturated carbocycles. The lowest BCUT2D eigenvalue weighted by Gasteiger charge is -2.34. The maximum Gasteiger partial charge on any atom is 0.291 e. The van der Waals surface area contributed by atoms with E-state index >= 15 is 0 Å². The van der Waals surface area contributed by atoms with Gasteiger partial charge in [-0.15, -0.1) is 11.3 Å². The molecule has 1 amide bonds. The van der Waals surface area contributed by atoms with Gasteiger partial charge >= 0.3 is 0 Å². The molecule has 9 nitrogen and oxygen atoms in total. The third-order valence-corrected chi connectivity index (χ3v) is 5.85. The summed E-state index contributed by atoms with van der Waals surface area (Å²) in [6, 6.07) is 3.64. The minimum Gasteiger partial charge on any atom is -0.451 e. The fraction of sp³-hybridized carbons (Fsp3) is 0.300. The van der Waals surface area contributed by atoms with Crippen LogP contribution in [0, 0.1) is 0 Å². The highest BCUT2D eigenvalue weighted by Crippen LogP contribution is 2.37. The monoisotopic (exact) mass is 424 g/mol. The Morgan fingerprint density at radius 1 is 1.43 bits per heavy atom. The quantitative estimate of drug-likeness (QED) is 0.464. The second kappa shape index (κ2) is 7.88. The van der Waals surface area contributed by atoms with Crippen molar-refractivity contribution < 1.29 is 13.9 Å². The van der Waals surface area contributed by atoms with E-state index in [1.807, 2.05) is 23.2 Å². The number of rotatable bonds is 7. The molecule has 0 radical (unpaired) electrons. The highest BCUT2D eigenvalue weighted by Gasteiger charge is 2.33. The molecule has 1 aliphatic carbocycles. The molecule has 5 rings (SSSR count). The smallest absolute Gasteiger partial charge is 0.291 e. The van der Waals surface area contributed by atoms with Gasteiger partial charge in [0.1, 0.15) is 16.5 Å². The minimum absolute atomic E-state index is 0.212. The molecule has 30 heavy (non-hydrogen) atoms. The van der Waals surface area contributed by atoms with Gasteiger partial charge in [-0.05, 0) is 31.9 Å². The van der Waals surface area contributed by atoms with Crippen LogP contribution in [0.25, 0.3) is 22.0 Å². The molecule has 0 spiro atoms. The lowest BCUT2D eigenvalue weighted by atomic mass is 9.89. The fourth-order valence-electron chi connectivity index (χ4n) is 3.48. The number of amides is 1. The fourth-order valence-corrected chi connectivity index (χ4v) is 4.11. The van der Waals surface area contributed by atoms with Crippen molar-refractivity contribution >= 4 is 22.9 Å². The van der Waals surface area contributed by atoms with E-state index in [0.717, 1.165) is 23.4 Å². The first-order valence-corrected chi connectivity index (χ1v) is 10.6. The number of furan rings is 1. The number of nitrogens with one attached hydrogen (secondary N) is 2. The van der Waals surface area contributed by atoms with Gasteiger partial charge in [0.15, 0.2) is 5.76 Å². The number of carbonyl (C=O) groups excluding carboxylic acids is 1. The summed E-state index contributed by atoms with van der Waals surface area (Å²) >= 11 is 1.48. The first kappa shape index (κ1) is 18.8. The molecule has 0 saturated heterocycles. The van der Waals surface area contributed by atoms with Crippen LogP contribution >= 0.6 is 11.3 Å². The van der Waals surface area contributed by atoms with Crippen LogP contribution in [-0.4, -0.2) is 43.6 Å². The average molecular weight is 424 g/mol. The number of H-pyrrole nitrogens is 1. The van der Waals surface area contributed by atoms with Gasteiger partial charge in [0.25, 0.3) is 5.91 Å². The van der Waals surface area contributed by atoms with Crippen molar-refractivity contribution in [2.45, 2.75) is 31.9 Å². The molecule has 0 aromatic carbocycles. The summed E-state index contributed by atoms with van der Waals surface area (Å²) in [6.45, 7) is 2.72. The number of thiazole rings is 1. The molecule has 0 aliphatic heterocycles. The summed E-state index contributed by atoms with van der Waals surface area (Å²) in [6.07, 6.45) is 9.02. The van der Waals surface area contributed by atoms with Gasteiger partial charge in [-0.1, -0.05) is 0 Å². The van der Waals surface area contributed by atoms with Gasteiger partial charge in [-0.3, -0.25) is 14.6 Å². The van der Waals surface area contributed by atoms with Crippen LogP contribution in [-0.2, 0) is 4.74 Å². The summed E-state index contributed by atoms with van der Waals surface area (Å²) in [5, 5.41) is 16.9. The number of hydrogen-bond acceptors (Lipinski definition) is 7. The molecular formula is C20H20N6O3S. The second-order valence-corrected chi connectivity index (χ2v) is 7.91. The van der Waals surface area contributed by atoms with E-state index in [0.29, 0.717) is 23.7 Å². The SMILES string of the molecule is CCO[C@H]1C[C@@H](n2cc(NC(=O)c3ccc(-c4cn[nH]c4)o3)c(-c3nccs3)n2)C1. The molecule has 1 aliphatic rings. The van der Waals surface area contributed by atoms with Crippen molar-refractivity contribution in [1.29, 1.82) is 0 Å². The van der Waals surface area contributed by atoms with Gasteiger partial charge in [-0.2, -0.15) is 10.2 Å². The van der Waals surface area contributed by atoms with Crippen LogP contribution in [0.2, 0.25) is 0 Å². The lowest BCUT2D eigenvalue weighted by Crippen LogP contribution is -2.33. The van der Waals surface area contributed by atoms with E-state index in [9.17, 15) is 4.79 Å². The molecule has 4 aromatic heterocycles. The topological polar surface area (TPSA) is 111 Å². The summed E-state index contributed by atoms with van der Waals surface area (Å²) < 4.78 is 13.2. The molecule has 4 heterocycles.